The summed E-state index contributed by atoms with van der Waals surface area (Å²) in [4.78, 5) is 10.9. The van der Waals surface area contributed by atoms with Crippen LogP contribution in [0.15, 0.2) is 12.1 Å². The topological polar surface area (TPSA) is 29.1 Å². The predicted octanol–water partition coefficient (Wildman–Crippen LogP) is 2.27. The smallest absolute Gasteiger partial charge is 0.221 e. The van der Waals surface area contributed by atoms with Gasteiger partial charge in [0.05, 0.1) is 5.69 Å². The van der Waals surface area contributed by atoms with Crippen molar-refractivity contribution in [1.82, 2.24) is 0 Å². The van der Waals surface area contributed by atoms with E-state index in [2.05, 4.69) is 5.32 Å². The van der Waals surface area contributed by atoms with E-state index in [0.29, 0.717) is 5.69 Å². The molecule has 1 amide bonds. The van der Waals surface area contributed by atoms with E-state index in [9.17, 15) is 9.18 Å². The first-order valence-corrected chi connectivity index (χ1v) is 4.76. The van der Waals surface area contributed by atoms with Gasteiger partial charge in [-0.1, -0.05) is 6.07 Å². The second-order valence-corrected chi connectivity index (χ2v) is 3.59. The number of halogens is 1. The molecule has 0 aromatic heterocycles. The van der Waals surface area contributed by atoms with E-state index in [1.165, 1.54) is 13.0 Å². The molecule has 2 nitrogen and oxygen atoms in total. The molecule has 2 rings (SSSR count). The third-order valence-electron chi connectivity index (χ3n) is 2.53. The Morgan fingerprint density at radius 2 is 2.21 bits per heavy atom. The van der Waals surface area contributed by atoms with E-state index in [4.69, 9.17) is 0 Å². The maximum Gasteiger partial charge on any atom is 0.221 e. The quantitative estimate of drug-likeness (QED) is 0.728. The highest BCUT2D eigenvalue weighted by molar-refractivity contribution is 5.90. The molecule has 0 bridgehead atoms. The summed E-state index contributed by atoms with van der Waals surface area (Å²) >= 11 is 0. The van der Waals surface area contributed by atoms with Gasteiger partial charge in [-0.25, -0.2) is 4.39 Å². The highest BCUT2D eigenvalue weighted by atomic mass is 19.1. The minimum Gasteiger partial charge on any atom is -0.324 e. The second kappa shape index (κ2) is 3.40. The third-order valence-corrected chi connectivity index (χ3v) is 2.53. The third kappa shape index (κ3) is 1.50. The van der Waals surface area contributed by atoms with Crippen LogP contribution in [-0.4, -0.2) is 5.91 Å². The zero-order valence-electron chi connectivity index (χ0n) is 8.06. The fourth-order valence-corrected chi connectivity index (χ4v) is 1.95. The molecule has 0 saturated carbocycles. The second-order valence-electron chi connectivity index (χ2n) is 3.59. The Hall–Kier alpha value is -1.38. The number of aryl methyl sites for hydroxylation is 1. The van der Waals surface area contributed by atoms with Crippen molar-refractivity contribution >= 4 is 11.6 Å². The Labute approximate surface area is 82.1 Å². The van der Waals surface area contributed by atoms with Gasteiger partial charge in [0.25, 0.3) is 0 Å². The van der Waals surface area contributed by atoms with Crippen LogP contribution in [0.25, 0.3) is 0 Å². The van der Waals surface area contributed by atoms with Gasteiger partial charge in [0.2, 0.25) is 5.91 Å². The van der Waals surface area contributed by atoms with Crippen LogP contribution < -0.4 is 5.32 Å². The summed E-state index contributed by atoms with van der Waals surface area (Å²) in [5, 5.41) is 2.56. The van der Waals surface area contributed by atoms with Gasteiger partial charge in [-0.3, -0.25) is 4.79 Å². The van der Waals surface area contributed by atoms with Crippen LogP contribution in [0.5, 0.6) is 0 Å². The number of fused-ring (bicyclic) bond motifs is 1. The molecule has 0 spiro atoms. The van der Waals surface area contributed by atoms with E-state index in [1.807, 2.05) is 6.07 Å². The van der Waals surface area contributed by atoms with Gasteiger partial charge >= 0.3 is 0 Å². The number of anilines is 1. The molecule has 0 heterocycles. The lowest BCUT2D eigenvalue weighted by Crippen LogP contribution is -2.10. The monoisotopic (exact) mass is 193 g/mol. The molecule has 0 radical (unpaired) electrons. The predicted molar refractivity (Wildman–Crippen MR) is 52.7 cm³/mol. The Bertz CT molecular complexity index is 387. The molecule has 3 heteroatoms. The van der Waals surface area contributed by atoms with Gasteiger partial charge in [-0.2, -0.15) is 0 Å². The molecule has 1 aliphatic carbocycles. The lowest BCUT2D eigenvalue weighted by atomic mass is 10.1. The molecular weight excluding hydrogens is 181 g/mol. The van der Waals surface area contributed by atoms with Crippen molar-refractivity contribution < 1.29 is 9.18 Å². The van der Waals surface area contributed by atoms with Crippen molar-refractivity contribution in [2.75, 3.05) is 5.32 Å². The molecule has 0 unspecified atom stereocenters. The number of hydrogen-bond donors (Lipinski definition) is 1. The van der Waals surface area contributed by atoms with Crippen LogP contribution in [0.4, 0.5) is 10.1 Å². The Morgan fingerprint density at radius 3 is 2.93 bits per heavy atom. The van der Waals surface area contributed by atoms with E-state index in [1.54, 1.807) is 0 Å². The van der Waals surface area contributed by atoms with E-state index < -0.39 is 0 Å². The van der Waals surface area contributed by atoms with E-state index in [-0.39, 0.29) is 11.7 Å². The first-order valence-electron chi connectivity index (χ1n) is 4.76. The zero-order chi connectivity index (χ0) is 10.1. The number of nitrogens with one attached hydrogen (secondary N) is 1. The summed E-state index contributed by atoms with van der Waals surface area (Å²) in [5.74, 6) is -0.551. The summed E-state index contributed by atoms with van der Waals surface area (Å²) in [7, 11) is 0. The summed E-state index contributed by atoms with van der Waals surface area (Å²) in [5.41, 5.74) is 2.52. The summed E-state index contributed by atoms with van der Waals surface area (Å²) in [6.07, 6.45) is 2.90. The SMILES string of the molecule is CC(=O)Nc1c(F)ccc2c1CCC2. The summed E-state index contributed by atoms with van der Waals surface area (Å²) < 4.78 is 13.4. The van der Waals surface area contributed by atoms with Gasteiger partial charge in [0, 0.05) is 6.92 Å². The first-order chi connectivity index (χ1) is 6.68. The number of rotatable bonds is 1. The summed E-state index contributed by atoms with van der Waals surface area (Å²) in [6.45, 7) is 1.40. The van der Waals surface area contributed by atoms with Crippen molar-refractivity contribution in [1.29, 1.82) is 0 Å². The molecular formula is C11H12FNO. The van der Waals surface area contributed by atoms with Crippen LogP contribution in [0.1, 0.15) is 24.5 Å². The Kier molecular flexibility index (Phi) is 2.23. The molecule has 0 saturated heterocycles. The van der Waals surface area contributed by atoms with Gasteiger partial charge in [-0.15, -0.1) is 0 Å². The van der Waals surface area contributed by atoms with Crippen molar-refractivity contribution in [2.24, 2.45) is 0 Å². The lowest BCUT2D eigenvalue weighted by molar-refractivity contribution is -0.114. The minimum absolute atomic E-state index is 0.218. The number of amides is 1. The molecule has 0 aliphatic heterocycles. The maximum absolute atomic E-state index is 13.4. The molecule has 1 aromatic carbocycles. The van der Waals surface area contributed by atoms with Gasteiger partial charge in [-0.05, 0) is 36.5 Å². The van der Waals surface area contributed by atoms with Crippen LogP contribution in [0.2, 0.25) is 0 Å². The van der Waals surface area contributed by atoms with Crippen LogP contribution >= 0.6 is 0 Å². The van der Waals surface area contributed by atoms with Crippen molar-refractivity contribution in [3.63, 3.8) is 0 Å². The zero-order valence-corrected chi connectivity index (χ0v) is 8.06. The van der Waals surface area contributed by atoms with Crippen LogP contribution in [0, 0.1) is 5.82 Å². The summed E-state index contributed by atoms with van der Waals surface area (Å²) in [6, 6.07) is 3.23. The minimum atomic E-state index is -0.333. The number of carbonyl (C=O) groups is 1. The number of carbonyl (C=O) groups excluding carboxylic acids is 1. The molecule has 0 atom stereocenters. The molecule has 1 aliphatic rings. The first kappa shape index (κ1) is 9.19. The average molecular weight is 193 g/mol. The maximum atomic E-state index is 13.4. The van der Waals surface area contributed by atoms with E-state index >= 15 is 0 Å². The highest BCUT2D eigenvalue weighted by Gasteiger charge is 2.18. The van der Waals surface area contributed by atoms with Gasteiger partial charge < -0.3 is 5.32 Å². The number of hydrogen-bond acceptors (Lipinski definition) is 1. The molecule has 14 heavy (non-hydrogen) atoms. The van der Waals surface area contributed by atoms with E-state index in [0.717, 1.165) is 30.4 Å². The molecule has 1 N–H and O–H groups in total. The molecule has 74 valence electrons. The van der Waals surface area contributed by atoms with Gasteiger partial charge in [0.1, 0.15) is 5.82 Å². The van der Waals surface area contributed by atoms with Crippen LogP contribution in [0.3, 0.4) is 0 Å². The fraction of sp³-hybridized carbons (Fsp3) is 0.364. The Balaban J connectivity index is 2.46. The van der Waals surface area contributed by atoms with Crippen molar-refractivity contribution in [3.05, 3.63) is 29.1 Å². The highest BCUT2D eigenvalue weighted by Crippen LogP contribution is 2.30. The lowest BCUT2D eigenvalue weighted by Gasteiger charge is -2.09. The standard InChI is InChI=1S/C11H12FNO/c1-7(14)13-11-9-4-2-3-8(9)5-6-10(11)12/h5-6H,2-4H2,1H3,(H,13,14). The normalized spacial score (nSPS) is 13.9. The largest absolute Gasteiger partial charge is 0.324 e. The van der Waals surface area contributed by atoms with Crippen molar-refractivity contribution in [2.45, 2.75) is 26.2 Å². The van der Waals surface area contributed by atoms with Crippen LogP contribution in [-0.2, 0) is 17.6 Å². The molecule has 0 fully saturated rings. The average Bonchev–Trinajstić information content (AvgIpc) is 2.57. The van der Waals surface area contributed by atoms with Gasteiger partial charge in [0.15, 0.2) is 0 Å². The fourth-order valence-electron chi connectivity index (χ4n) is 1.95. The van der Waals surface area contributed by atoms with Crippen molar-refractivity contribution in [3.8, 4) is 0 Å². The Morgan fingerprint density at radius 1 is 1.43 bits per heavy atom. The molecule has 1 aromatic rings. The number of benzene rings is 1.